The van der Waals surface area contributed by atoms with E-state index in [1.807, 2.05) is 86.6 Å². The molecule has 1 aliphatic rings. The number of halogens is 1. The maximum atomic E-state index is 14.1. The predicted molar refractivity (Wildman–Crippen MR) is 168 cm³/mol. The third-order valence-corrected chi connectivity index (χ3v) is 7.98. The van der Waals surface area contributed by atoms with Gasteiger partial charge in [-0.25, -0.2) is 0 Å². The van der Waals surface area contributed by atoms with Crippen LogP contribution in [0.1, 0.15) is 69.1 Å². The SMILES string of the molecule is CCOc1ccc(CCC(=O)N(Cc2ccc(Cl)cc2)C(Cc2ccccc2)C(=O)NC2CCCCC2)cc1OCC. The summed E-state index contributed by atoms with van der Waals surface area (Å²) in [5.74, 6) is 1.21. The molecule has 0 heterocycles. The second kappa shape index (κ2) is 16.2. The van der Waals surface area contributed by atoms with Crippen LogP contribution in [0.4, 0.5) is 0 Å². The molecule has 1 N–H and O–H groups in total. The van der Waals surface area contributed by atoms with Crippen LogP contribution in [-0.2, 0) is 29.0 Å². The normalized spacial score (nSPS) is 14.2. The fourth-order valence-electron chi connectivity index (χ4n) is 5.53. The van der Waals surface area contributed by atoms with Gasteiger partial charge in [-0.3, -0.25) is 9.59 Å². The van der Waals surface area contributed by atoms with Gasteiger partial charge in [0.1, 0.15) is 6.04 Å². The number of nitrogens with one attached hydrogen (secondary N) is 1. The van der Waals surface area contributed by atoms with Gasteiger partial charge in [0.25, 0.3) is 0 Å². The number of nitrogens with zero attached hydrogens (tertiary/aromatic N) is 1. The van der Waals surface area contributed by atoms with Crippen LogP contribution in [0.3, 0.4) is 0 Å². The summed E-state index contributed by atoms with van der Waals surface area (Å²) in [5, 5.41) is 3.93. The van der Waals surface area contributed by atoms with Crippen LogP contribution in [0.5, 0.6) is 11.5 Å². The molecule has 1 fully saturated rings. The van der Waals surface area contributed by atoms with Crippen LogP contribution in [0.15, 0.2) is 72.8 Å². The maximum Gasteiger partial charge on any atom is 0.243 e. The summed E-state index contributed by atoms with van der Waals surface area (Å²) in [4.78, 5) is 29.8. The molecule has 42 heavy (non-hydrogen) atoms. The summed E-state index contributed by atoms with van der Waals surface area (Å²) in [7, 11) is 0. The van der Waals surface area contributed by atoms with Gasteiger partial charge >= 0.3 is 0 Å². The maximum absolute atomic E-state index is 14.1. The van der Waals surface area contributed by atoms with Crippen molar-refractivity contribution >= 4 is 23.4 Å². The molecule has 1 unspecified atom stereocenters. The molecule has 0 aromatic heterocycles. The molecule has 3 aromatic rings. The summed E-state index contributed by atoms with van der Waals surface area (Å²) in [6.45, 7) is 5.26. The van der Waals surface area contributed by atoms with E-state index in [-0.39, 0.29) is 24.3 Å². The Kier molecular flexibility index (Phi) is 12.1. The van der Waals surface area contributed by atoms with Crippen LogP contribution < -0.4 is 14.8 Å². The first-order valence-corrected chi connectivity index (χ1v) is 15.6. The number of hydrogen-bond donors (Lipinski definition) is 1. The van der Waals surface area contributed by atoms with Crippen molar-refractivity contribution in [3.8, 4) is 11.5 Å². The third-order valence-electron chi connectivity index (χ3n) is 7.72. The van der Waals surface area contributed by atoms with Gasteiger partial charge in [-0.2, -0.15) is 0 Å². The van der Waals surface area contributed by atoms with Crippen LogP contribution >= 0.6 is 11.6 Å². The van der Waals surface area contributed by atoms with Gasteiger partial charge in [0.15, 0.2) is 11.5 Å². The molecule has 4 rings (SSSR count). The van der Waals surface area contributed by atoms with Crippen LogP contribution in [-0.4, -0.2) is 42.0 Å². The first kappa shape index (κ1) is 31.4. The van der Waals surface area contributed by atoms with Gasteiger partial charge in [-0.15, -0.1) is 0 Å². The highest BCUT2D eigenvalue weighted by Crippen LogP contribution is 2.29. The van der Waals surface area contributed by atoms with Crippen LogP contribution in [0.25, 0.3) is 0 Å². The summed E-state index contributed by atoms with van der Waals surface area (Å²) in [6, 6.07) is 22.7. The fourth-order valence-corrected chi connectivity index (χ4v) is 5.66. The van der Waals surface area contributed by atoms with Crippen molar-refractivity contribution in [1.29, 1.82) is 0 Å². The fraction of sp³-hybridized carbons (Fsp3) is 0.429. The van der Waals surface area contributed by atoms with Gasteiger partial charge < -0.3 is 19.7 Å². The second-order valence-electron chi connectivity index (χ2n) is 10.8. The number of aryl methyl sites for hydroxylation is 1. The van der Waals surface area contributed by atoms with Crippen molar-refractivity contribution in [3.63, 3.8) is 0 Å². The molecule has 3 aromatic carbocycles. The summed E-state index contributed by atoms with van der Waals surface area (Å²) >= 11 is 6.16. The number of ether oxygens (including phenoxy) is 2. The van der Waals surface area contributed by atoms with E-state index in [0.717, 1.165) is 42.4 Å². The van der Waals surface area contributed by atoms with Crippen molar-refractivity contribution in [3.05, 3.63) is 94.5 Å². The zero-order valence-electron chi connectivity index (χ0n) is 24.8. The summed E-state index contributed by atoms with van der Waals surface area (Å²) < 4.78 is 11.5. The van der Waals surface area contributed by atoms with E-state index >= 15 is 0 Å². The van der Waals surface area contributed by atoms with E-state index in [9.17, 15) is 9.59 Å². The van der Waals surface area contributed by atoms with E-state index in [1.165, 1.54) is 6.42 Å². The van der Waals surface area contributed by atoms with E-state index in [0.29, 0.717) is 49.1 Å². The monoisotopic (exact) mass is 590 g/mol. The summed E-state index contributed by atoms with van der Waals surface area (Å²) in [5.41, 5.74) is 2.92. The smallest absolute Gasteiger partial charge is 0.243 e. The Bertz CT molecular complexity index is 1280. The van der Waals surface area contributed by atoms with Crippen molar-refractivity contribution in [2.24, 2.45) is 0 Å². The topological polar surface area (TPSA) is 67.9 Å². The first-order valence-electron chi connectivity index (χ1n) is 15.2. The van der Waals surface area contributed by atoms with Gasteiger partial charge in [-0.1, -0.05) is 79.4 Å². The molecule has 0 aliphatic heterocycles. The Morgan fingerprint density at radius 3 is 2.21 bits per heavy atom. The van der Waals surface area contributed by atoms with Gasteiger partial charge in [0.2, 0.25) is 11.8 Å². The highest BCUT2D eigenvalue weighted by molar-refractivity contribution is 6.30. The molecule has 224 valence electrons. The van der Waals surface area contributed by atoms with Crippen molar-refractivity contribution in [1.82, 2.24) is 10.2 Å². The quantitative estimate of drug-likeness (QED) is 0.216. The Morgan fingerprint density at radius 2 is 1.52 bits per heavy atom. The highest BCUT2D eigenvalue weighted by Gasteiger charge is 2.31. The molecule has 6 nitrogen and oxygen atoms in total. The van der Waals surface area contributed by atoms with Gasteiger partial charge in [-0.05, 0) is 74.1 Å². The molecule has 1 atom stereocenters. The Labute approximate surface area is 255 Å². The molecule has 2 amide bonds. The molecule has 1 saturated carbocycles. The number of carbonyl (C=O) groups excluding carboxylic acids is 2. The Balaban J connectivity index is 1.59. The standard InChI is InChI=1S/C35H43ClN2O4/c1-3-41-32-21-17-27(24-33(32)42-4-2)18-22-34(39)38(25-28-15-19-29(36)20-16-28)31(23-26-11-7-5-8-12-26)35(40)37-30-13-9-6-10-14-30/h5,7-8,11-12,15-17,19-21,24,30-31H,3-4,6,9-10,13-14,18,22-23,25H2,1-2H3,(H,37,40). The van der Waals surface area contributed by atoms with E-state index < -0.39 is 6.04 Å². The molecule has 0 saturated heterocycles. The van der Waals surface area contributed by atoms with Crippen molar-refractivity contribution in [2.45, 2.75) is 83.8 Å². The van der Waals surface area contributed by atoms with Crippen LogP contribution in [0, 0.1) is 0 Å². The highest BCUT2D eigenvalue weighted by atomic mass is 35.5. The average molecular weight is 591 g/mol. The van der Waals surface area contributed by atoms with Crippen LogP contribution in [0.2, 0.25) is 5.02 Å². The van der Waals surface area contributed by atoms with E-state index in [1.54, 1.807) is 4.90 Å². The Hall–Kier alpha value is -3.51. The number of carbonyl (C=O) groups is 2. The van der Waals surface area contributed by atoms with Crippen molar-refractivity contribution in [2.75, 3.05) is 13.2 Å². The van der Waals surface area contributed by atoms with E-state index in [2.05, 4.69) is 5.32 Å². The van der Waals surface area contributed by atoms with Gasteiger partial charge in [0, 0.05) is 30.5 Å². The minimum Gasteiger partial charge on any atom is -0.490 e. The molecular formula is C35H43ClN2O4. The minimum atomic E-state index is -0.642. The lowest BCUT2D eigenvalue weighted by atomic mass is 9.94. The molecule has 1 aliphatic carbocycles. The Morgan fingerprint density at radius 1 is 0.857 bits per heavy atom. The zero-order valence-corrected chi connectivity index (χ0v) is 25.6. The predicted octanol–water partition coefficient (Wildman–Crippen LogP) is 7.16. The summed E-state index contributed by atoms with van der Waals surface area (Å²) in [6.07, 6.45) is 6.62. The minimum absolute atomic E-state index is 0.0727. The number of amides is 2. The largest absolute Gasteiger partial charge is 0.490 e. The molecule has 0 bridgehead atoms. The molecule has 7 heteroatoms. The average Bonchev–Trinajstić information content (AvgIpc) is 3.01. The lowest BCUT2D eigenvalue weighted by Gasteiger charge is -2.33. The van der Waals surface area contributed by atoms with Gasteiger partial charge in [0.05, 0.1) is 13.2 Å². The molecule has 0 spiro atoms. The lowest BCUT2D eigenvalue weighted by Crippen LogP contribution is -2.52. The first-order chi connectivity index (χ1) is 20.5. The lowest BCUT2D eigenvalue weighted by molar-refractivity contribution is -0.141. The van der Waals surface area contributed by atoms with Crippen molar-refractivity contribution < 1.29 is 19.1 Å². The third kappa shape index (κ3) is 9.25. The number of hydrogen-bond acceptors (Lipinski definition) is 4. The number of rotatable bonds is 14. The second-order valence-corrected chi connectivity index (χ2v) is 11.3. The number of benzene rings is 3. The van der Waals surface area contributed by atoms with E-state index in [4.69, 9.17) is 21.1 Å². The molecular weight excluding hydrogens is 548 g/mol. The zero-order chi connectivity index (χ0) is 29.7. The molecule has 0 radical (unpaired) electrons.